The monoisotopic (exact) mass is 424 g/mol. The highest BCUT2D eigenvalue weighted by atomic mass is 35.5. The van der Waals surface area contributed by atoms with Crippen molar-refractivity contribution in [1.29, 1.82) is 0 Å². The van der Waals surface area contributed by atoms with Gasteiger partial charge in [0.1, 0.15) is 12.1 Å². The van der Waals surface area contributed by atoms with Crippen LogP contribution in [-0.4, -0.2) is 46.3 Å². The summed E-state index contributed by atoms with van der Waals surface area (Å²) in [5.41, 5.74) is 1.73. The Kier molecular flexibility index (Phi) is 6.04. The minimum Gasteiger partial charge on any atom is -0.481 e. The Labute approximate surface area is 179 Å². The number of rotatable bonds is 5. The van der Waals surface area contributed by atoms with Crippen molar-refractivity contribution in [1.82, 2.24) is 20.2 Å². The Balaban J connectivity index is 1.41. The van der Waals surface area contributed by atoms with Gasteiger partial charge in [-0.05, 0) is 37.1 Å². The predicted molar refractivity (Wildman–Crippen MR) is 115 cm³/mol. The van der Waals surface area contributed by atoms with Gasteiger partial charge < -0.3 is 15.0 Å². The van der Waals surface area contributed by atoms with Gasteiger partial charge in [-0.1, -0.05) is 23.7 Å². The normalized spacial score (nSPS) is 16.2. The van der Waals surface area contributed by atoms with Crippen molar-refractivity contribution in [2.24, 2.45) is 5.92 Å². The molecule has 1 aliphatic heterocycles. The van der Waals surface area contributed by atoms with Crippen molar-refractivity contribution in [3.63, 3.8) is 0 Å². The summed E-state index contributed by atoms with van der Waals surface area (Å²) in [6, 6.07) is 12.9. The number of nitrogens with one attached hydrogen (secondary N) is 1. The van der Waals surface area contributed by atoms with Gasteiger partial charge in [-0.25, -0.2) is 9.97 Å². The van der Waals surface area contributed by atoms with Crippen LogP contribution in [0.5, 0.6) is 5.88 Å². The molecule has 0 aliphatic carbocycles. The average molecular weight is 425 g/mol. The molecule has 1 amide bonds. The molecule has 0 bridgehead atoms. The fraction of sp³-hybridized carbons (Fsp3) is 0.286. The molecule has 4 rings (SSSR count). The fourth-order valence-electron chi connectivity index (χ4n) is 3.42. The van der Waals surface area contributed by atoms with Crippen LogP contribution in [0.2, 0.25) is 5.02 Å². The molecule has 30 heavy (non-hydrogen) atoms. The van der Waals surface area contributed by atoms with E-state index in [9.17, 15) is 4.79 Å². The second-order valence-corrected chi connectivity index (χ2v) is 7.44. The molecule has 3 heterocycles. The lowest BCUT2D eigenvalue weighted by Gasteiger charge is -2.32. The molecule has 0 spiro atoms. The van der Waals surface area contributed by atoms with E-state index < -0.39 is 0 Å². The summed E-state index contributed by atoms with van der Waals surface area (Å²) < 4.78 is 5.07. The first-order valence-corrected chi connectivity index (χ1v) is 10.0. The number of piperidine rings is 1. The molecule has 1 saturated heterocycles. The first-order chi connectivity index (χ1) is 14.6. The molecule has 8 nitrogen and oxygen atoms in total. The predicted octanol–water partition coefficient (Wildman–Crippen LogP) is 3.45. The molecule has 0 radical (unpaired) electrons. The van der Waals surface area contributed by atoms with E-state index in [2.05, 4.69) is 30.4 Å². The summed E-state index contributed by atoms with van der Waals surface area (Å²) in [5.74, 6) is 1.34. The summed E-state index contributed by atoms with van der Waals surface area (Å²) in [5, 5.41) is 12.3. The number of hydrogen-bond acceptors (Lipinski definition) is 7. The van der Waals surface area contributed by atoms with E-state index >= 15 is 0 Å². The molecule has 0 saturated carbocycles. The lowest BCUT2D eigenvalue weighted by atomic mass is 9.97. The number of hydrogen-bond donors (Lipinski definition) is 1. The number of ether oxygens (including phenoxy) is 1. The quantitative estimate of drug-likeness (QED) is 0.670. The third-order valence-corrected chi connectivity index (χ3v) is 5.26. The van der Waals surface area contributed by atoms with Crippen molar-refractivity contribution < 1.29 is 9.53 Å². The van der Waals surface area contributed by atoms with Gasteiger partial charge in [0.15, 0.2) is 5.82 Å². The zero-order valence-electron chi connectivity index (χ0n) is 16.5. The molecule has 2 aromatic heterocycles. The maximum atomic E-state index is 12.7. The number of nitrogens with zero attached hydrogens (tertiary/aromatic N) is 5. The van der Waals surface area contributed by atoms with Gasteiger partial charge in [0.25, 0.3) is 0 Å². The third-order valence-electron chi connectivity index (χ3n) is 5.01. The standard InChI is InChI=1S/C21H21ClN6O2/c1-30-20-11-18(23-13-24-20)25-21(29)15-3-2-10-28(12-15)19-9-8-17(26-27-19)14-4-6-16(22)7-5-14/h4-9,11,13,15H,2-3,10,12H2,1H3,(H,23,24,25,29)/t15-/m0/s1. The van der Waals surface area contributed by atoms with E-state index in [1.807, 2.05) is 36.4 Å². The zero-order chi connectivity index (χ0) is 20.9. The van der Waals surface area contributed by atoms with Crippen LogP contribution in [0.3, 0.4) is 0 Å². The summed E-state index contributed by atoms with van der Waals surface area (Å²) >= 11 is 5.94. The van der Waals surface area contributed by atoms with Crippen molar-refractivity contribution in [3.05, 3.63) is 53.8 Å². The highest BCUT2D eigenvalue weighted by molar-refractivity contribution is 6.30. The van der Waals surface area contributed by atoms with Crippen molar-refractivity contribution in [2.45, 2.75) is 12.8 Å². The number of anilines is 2. The summed E-state index contributed by atoms with van der Waals surface area (Å²) in [7, 11) is 1.52. The van der Waals surface area contributed by atoms with E-state index in [1.165, 1.54) is 13.4 Å². The number of halogens is 1. The Morgan fingerprint density at radius 2 is 2.00 bits per heavy atom. The summed E-state index contributed by atoms with van der Waals surface area (Å²) in [4.78, 5) is 22.8. The van der Waals surface area contributed by atoms with Crippen LogP contribution in [0.25, 0.3) is 11.3 Å². The molecule has 1 fully saturated rings. The minimum atomic E-state index is -0.169. The lowest BCUT2D eigenvalue weighted by molar-refractivity contribution is -0.120. The maximum absolute atomic E-state index is 12.7. The first-order valence-electron chi connectivity index (χ1n) is 9.64. The number of amides is 1. The van der Waals surface area contributed by atoms with Crippen LogP contribution in [0.1, 0.15) is 12.8 Å². The van der Waals surface area contributed by atoms with Crippen LogP contribution in [-0.2, 0) is 4.79 Å². The third kappa shape index (κ3) is 4.65. The number of methoxy groups -OCH3 is 1. The summed E-state index contributed by atoms with van der Waals surface area (Å²) in [6.07, 6.45) is 3.06. The largest absolute Gasteiger partial charge is 0.481 e. The van der Waals surface area contributed by atoms with Crippen LogP contribution in [0, 0.1) is 5.92 Å². The first kappa shape index (κ1) is 20.0. The second-order valence-electron chi connectivity index (χ2n) is 7.00. The highest BCUT2D eigenvalue weighted by Crippen LogP contribution is 2.25. The zero-order valence-corrected chi connectivity index (χ0v) is 17.2. The van der Waals surface area contributed by atoms with Crippen LogP contribution < -0.4 is 15.0 Å². The lowest BCUT2D eigenvalue weighted by Crippen LogP contribution is -2.41. The SMILES string of the molecule is COc1cc(NC(=O)[C@H]2CCCN(c3ccc(-c4ccc(Cl)cc4)nn3)C2)ncn1. The van der Waals surface area contributed by atoms with Crippen LogP contribution in [0.15, 0.2) is 48.8 Å². The number of carbonyl (C=O) groups is 1. The fourth-order valence-corrected chi connectivity index (χ4v) is 3.54. The molecular formula is C21H21ClN6O2. The second kappa shape index (κ2) is 9.04. The van der Waals surface area contributed by atoms with Crippen molar-refractivity contribution in [2.75, 3.05) is 30.4 Å². The molecule has 0 unspecified atom stereocenters. The van der Waals surface area contributed by atoms with E-state index in [0.29, 0.717) is 23.3 Å². The number of aromatic nitrogens is 4. The Hall–Kier alpha value is -3.26. The minimum absolute atomic E-state index is 0.0776. The highest BCUT2D eigenvalue weighted by Gasteiger charge is 2.27. The van der Waals surface area contributed by atoms with Crippen molar-refractivity contribution in [3.8, 4) is 17.1 Å². The Morgan fingerprint density at radius 3 is 2.73 bits per heavy atom. The molecule has 9 heteroatoms. The van der Waals surface area contributed by atoms with E-state index in [0.717, 1.165) is 36.5 Å². The maximum Gasteiger partial charge on any atom is 0.230 e. The Bertz CT molecular complexity index is 1010. The topological polar surface area (TPSA) is 93.1 Å². The Morgan fingerprint density at radius 1 is 1.17 bits per heavy atom. The van der Waals surface area contributed by atoms with Gasteiger partial charge in [-0.2, -0.15) is 0 Å². The van der Waals surface area contributed by atoms with Crippen LogP contribution in [0.4, 0.5) is 11.6 Å². The van der Waals surface area contributed by atoms with Gasteiger partial charge in [-0.3, -0.25) is 4.79 Å². The molecule has 1 N–H and O–H groups in total. The van der Waals surface area contributed by atoms with E-state index in [1.54, 1.807) is 6.07 Å². The smallest absolute Gasteiger partial charge is 0.230 e. The number of benzene rings is 1. The molecule has 154 valence electrons. The van der Waals surface area contributed by atoms with Gasteiger partial charge in [0.2, 0.25) is 11.8 Å². The molecule has 1 aliphatic rings. The average Bonchev–Trinajstić information content (AvgIpc) is 2.80. The van der Waals surface area contributed by atoms with Crippen LogP contribution >= 0.6 is 11.6 Å². The summed E-state index contributed by atoms with van der Waals surface area (Å²) in [6.45, 7) is 1.41. The van der Waals surface area contributed by atoms with Gasteiger partial charge in [0.05, 0.1) is 18.7 Å². The van der Waals surface area contributed by atoms with Gasteiger partial charge in [0, 0.05) is 29.7 Å². The van der Waals surface area contributed by atoms with Crippen molar-refractivity contribution >= 4 is 29.1 Å². The van der Waals surface area contributed by atoms with E-state index in [-0.39, 0.29) is 11.8 Å². The molecule has 1 atom stereocenters. The number of carbonyl (C=O) groups excluding carboxylic acids is 1. The van der Waals surface area contributed by atoms with Gasteiger partial charge >= 0.3 is 0 Å². The molecule has 3 aromatic rings. The van der Waals surface area contributed by atoms with Gasteiger partial charge in [-0.15, -0.1) is 10.2 Å². The molecule has 1 aromatic carbocycles. The van der Waals surface area contributed by atoms with E-state index in [4.69, 9.17) is 16.3 Å². The molecular weight excluding hydrogens is 404 g/mol.